The number of aromatic nitrogens is 1. The zero-order valence-corrected chi connectivity index (χ0v) is 24.6. The van der Waals surface area contributed by atoms with E-state index in [2.05, 4.69) is 16.0 Å². The Bertz CT molecular complexity index is 1840. The number of primary amides is 1. The normalized spacial score (nSPS) is 13.8. The minimum atomic E-state index is -1.14. The summed E-state index contributed by atoms with van der Waals surface area (Å²) in [5.74, 6) is -2.40. The second-order valence-corrected chi connectivity index (χ2v) is 10.7. The molecule has 1 aliphatic heterocycles. The monoisotopic (exact) mass is 592 g/mol. The van der Waals surface area contributed by atoms with Gasteiger partial charge in [-0.1, -0.05) is 30.3 Å². The van der Waals surface area contributed by atoms with Gasteiger partial charge in [-0.25, -0.2) is 4.79 Å². The summed E-state index contributed by atoms with van der Waals surface area (Å²) in [7, 11) is 3.33. The number of carbonyl (C=O) groups excluding carboxylic acids is 3. The van der Waals surface area contributed by atoms with Crippen LogP contribution in [0, 0.1) is 13.8 Å². The van der Waals surface area contributed by atoms with Crippen molar-refractivity contribution in [3.05, 3.63) is 106 Å². The lowest BCUT2D eigenvalue weighted by Crippen LogP contribution is -2.38. The molecule has 1 atom stereocenters. The Hall–Kier alpha value is -5.68. The van der Waals surface area contributed by atoms with Crippen molar-refractivity contribution < 1.29 is 24.3 Å². The number of nitrogens with zero attached hydrogens (tertiary/aromatic N) is 2. The third kappa shape index (κ3) is 5.68. The van der Waals surface area contributed by atoms with E-state index in [0.29, 0.717) is 50.7 Å². The van der Waals surface area contributed by atoms with E-state index in [1.54, 1.807) is 92.0 Å². The van der Waals surface area contributed by atoms with Gasteiger partial charge >= 0.3 is 5.97 Å². The van der Waals surface area contributed by atoms with Gasteiger partial charge in [0.05, 0.1) is 16.8 Å². The fraction of sp³-hybridized carbons (Fsp3) is 0.152. The molecule has 0 saturated heterocycles. The predicted octanol–water partition coefficient (Wildman–Crippen LogP) is 4.84. The number of anilines is 4. The first-order valence-electron chi connectivity index (χ1n) is 13.8. The minimum absolute atomic E-state index is 0.0466. The quantitative estimate of drug-likeness (QED) is 0.174. The number of carboxylic acid groups (broad SMARTS) is 1. The van der Waals surface area contributed by atoms with Crippen LogP contribution in [0.2, 0.25) is 0 Å². The lowest BCUT2D eigenvalue weighted by molar-refractivity contribution is -0.125. The van der Waals surface area contributed by atoms with Crippen molar-refractivity contribution in [2.24, 2.45) is 5.73 Å². The molecule has 3 aromatic carbocycles. The number of hydrogen-bond donors (Lipinski definition) is 5. The number of hydrogen-bond acceptors (Lipinski definition) is 6. The summed E-state index contributed by atoms with van der Waals surface area (Å²) in [6.45, 7) is 3.25. The second kappa shape index (κ2) is 11.9. The summed E-state index contributed by atoms with van der Waals surface area (Å²) in [4.78, 5) is 51.9. The fourth-order valence-electron chi connectivity index (χ4n) is 5.49. The first-order chi connectivity index (χ1) is 21.0. The average Bonchev–Trinajstić information content (AvgIpc) is 3.40. The van der Waals surface area contributed by atoms with Crippen LogP contribution < -0.4 is 21.7 Å². The van der Waals surface area contributed by atoms with Gasteiger partial charge in [-0.05, 0) is 82.0 Å². The molecule has 5 rings (SSSR count). The SMILES string of the molecule is Cc1c(C(=O)O)c(C)n(C(C(N)=O)N(C)C)c1C=C1C(=O)Nc2cc(Nc3cccc(NC(=O)c4ccccc4)c3)ccc21. The predicted molar refractivity (Wildman–Crippen MR) is 170 cm³/mol. The van der Waals surface area contributed by atoms with E-state index in [1.807, 2.05) is 24.3 Å². The lowest BCUT2D eigenvalue weighted by atomic mass is 10.0. The number of benzene rings is 3. The molecule has 224 valence electrons. The highest BCUT2D eigenvalue weighted by atomic mass is 16.4. The second-order valence-electron chi connectivity index (χ2n) is 10.7. The van der Waals surface area contributed by atoms with E-state index in [-0.39, 0.29) is 17.4 Å². The fourth-order valence-corrected chi connectivity index (χ4v) is 5.49. The summed E-state index contributed by atoms with van der Waals surface area (Å²) in [5.41, 5.74) is 11.0. The zero-order chi connectivity index (χ0) is 31.7. The van der Waals surface area contributed by atoms with E-state index < -0.39 is 18.0 Å². The molecule has 2 heterocycles. The maximum atomic E-state index is 13.2. The molecule has 0 spiro atoms. The molecule has 11 nitrogen and oxygen atoms in total. The van der Waals surface area contributed by atoms with Crippen LogP contribution in [0.25, 0.3) is 11.6 Å². The standard InChI is InChI=1S/C33H32N6O5/c1-18-27(39(19(2)28(18)33(43)44)32(29(34)40)38(3)4)17-25-24-14-13-23(16-26(24)37-31(25)42)35-21-11-8-12-22(15-21)36-30(41)20-9-6-5-7-10-20/h5-17,32,35H,1-4H3,(H2,34,40)(H,36,41)(H,37,42)(H,43,44). The van der Waals surface area contributed by atoms with Crippen LogP contribution in [0.4, 0.5) is 22.7 Å². The zero-order valence-electron chi connectivity index (χ0n) is 24.6. The first kappa shape index (κ1) is 29.8. The van der Waals surface area contributed by atoms with Crippen LogP contribution in [0.3, 0.4) is 0 Å². The highest BCUT2D eigenvalue weighted by molar-refractivity contribution is 6.35. The van der Waals surface area contributed by atoms with Gasteiger partial charge < -0.3 is 31.4 Å². The Morgan fingerprint density at radius 2 is 1.64 bits per heavy atom. The molecule has 1 aromatic heterocycles. The van der Waals surface area contributed by atoms with Crippen molar-refractivity contribution in [2.75, 3.05) is 30.0 Å². The highest BCUT2D eigenvalue weighted by Crippen LogP contribution is 2.38. The number of carbonyl (C=O) groups is 4. The molecule has 44 heavy (non-hydrogen) atoms. The van der Waals surface area contributed by atoms with E-state index in [4.69, 9.17) is 5.73 Å². The van der Waals surface area contributed by atoms with Crippen LogP contribution >= 0.6 is 0 Å². The number of amides is 3. The van der Waals surface area contributed by atoms with Gasteiger partial charge in [-0.15, -0.1) is 0 Å². The van der Waals surface area contributed by atoms with E-state index in [1.165, 1.54) is 0 Å². The summed E-state index contributed by atoms with van der Waals surface area (Å²) in [5, 5.41) is 19.0. The maximum absolute atomic E-state index is 13.2. The van der Waals surface area contributed by atoms with Gasteiger partial charge in [0, 0.05) is 39.6 Å². The molecule has 4 aromatic rings. The van der Waals surface area contributed by atoms with Gasteiger partial charge in [0.25, 0.3) is 17.7 Å². The number of fused-ring (bicyclic) bond motifs is 1. The van der Waals surface area contributed by atoms with Gasteiger partial charge in [0.1, 0.15) is 0 Å². The topological polar surface area (TPSA) is 159 Å². The molecule has 1 unspecified atom stereocenters. The van der Waals surface area contributed by atoms with Gasteiger partial charge in [0.2, 0.25) is 0 Å². The molecule has 0 bridgehead atoms. The van der Waals surface area contributed by atoms with Crippen molar-refractivity contribution in [1.29, 1.82) is 0 Å². The molecular weight excluding hydrogens is 560 g/mol. The third-order valence-electron chi connectivity index (χ3n) is 7.47. The minimum Gasteiger partial charge on any atom is -0.478 e. The Kier molecular flexibility index (Phi) is 8.06. The molecule has 3 amide bonds. The molecule has 1 aliphatic rings. The third-order valence-corrected chi connectivity index (χ3v) is 7.47. The van der Waals surface area contributed by atoms with Crippen LogP contribution in [0.5, 0.6) is 0 Å². The van der Waals surface area contributed by atoms with Crippen molar-refractivity contribution in [1.82, 2.24) is 9.47 Å². The Morgan fingerprint density at radius 3 is 2.30 bits per heavy atom. The van der Waals surface area contributed by atoms with E-state index in [0.717, 1.165) is 5.69 Å². The van der Waals surface area contributed by atoms with Crippen LogP contribution in [0.15, 0.2) is 72.8 Å². The average molecular weight is 593 g/mol. The number of nitrogens with one attached hydrogen (secondary N) is 3. The number of nitrogens with two attached hydrogens (primary N) is 1. The highest BCUT2D eigenvalue weighted by Gasteiger charge is 2.32. The molecular formula is C33H32N6O5. The van der Waals surface area contributed by atoms with Crippen molar-refractivity contribution >= 4 is 58.1 Å². The molecule has 0 radical (unpaired) electrons. The molecule has 11 heteroatoms. The number of likely N-dealkylation sites (N-methyl/N-ethyl adjacent to an activating group) is 1. The smallest absolute Gasteiger partial charge is 0.337 e. The number of aromatic carboxylic acids is 1. The summed E-state index contributed by atoms with van der Waals surface area (Å²) in [6, 6.07) is 21.6. The number of rotatable bonds is 9. The lowest BCUT2D eigenvalue weighted by Gasteiger charge is -2.26. The van der Waals surface area contributed by atoms with Gasteiger partial charge in [-0.2, -0.15) is 0 Å². The Morgan fingerprint density at radius 1 is 0.955 bits per heavy atom. The van der Waals surface area contributed by atoms with Gasteiger partial charge in [0.15, 0.2) is 6.17 Å². The van der Waals surface area contributed by atoms with E-state index in [9.17, 15) is 24.3 Å². The van der Waals surface area contributed by atoms with E-state index >= 15 is 0 Å². The maximum Gasteiger partial charge on any atom is 0.337 e. The Balaban J connectivity index is 1.46. The van der Waals surface area contributed by atoms with Crippen molar-refractivity contribution in [2.45, 2.75) is 20.0 Å². The largest absolute Gasteiger partial charge is 0.478 e. The Labute approximate surface area is 254 Å². The molecule has 6 N–H and O–H groups in total. The van der Waals surface area contributed by atoms with Crippen LogP contribution in [-0.2, 0) is 9.59 Å². The van der Waals surface area contributed by atoms with Crippen LogP contribution in [-0.4, -0.2) is 52.4 Å². The van der Waals surface area contributed by atoms with Crippen LogP contribution in [0.1, 0.15) is 49.4 Å². The first-order valence-corrected chi connectivity index (χ1v) is 13.8. The van der Waals surface area contributed by atoms with Crippen molar-refractivity contribution in [3.63, 3.8) is 0 Å². The number of carboxylic acids is 1. The van der Waals surface area contributed by atoms with Gasteiger partial charge in [-0.3, -0.25) is 19.3 Å². The summed E-state index contributed by atoms with van der Waals surface area (Å²) >= 11 is 0. The molecule has 0 saturated carbocycles. The molecule has 0 aliphatic carbocycles. The summed E-state index contributed by atoms with van der Waals surface area (Å²) < 4.78 is 1.55. The molecule has 0 fully saturated rings. The summed E-state index contributed by atoms with van der Waals surface area (Å²) in [6.07, 6.45) is 0.624. The van der Waals surface area contributed by atoms with Crippen molar-refractivity contribution in [3.8, 4) is 0 Å².